The molecule has 1 aromatic carbocycles. The van der Waals surface area contributed by atoms with Crippen molar-refractivity contribution in [1.82, 2.24) is 5.32 Å². The maximum absolute atomic E-state index is 12.2. The van der Waals surface area contributed by atoms with Gasteiger partial charge in [-0.2, -0.15) is 0 Å². The molecule has 0 atom stereocenters. The van der Waals surface area contributed by atoms with E-state index in [0.29, 0.717) is 17.4 Å². The van der Waals surface area contributed by atoms with E-state index in [1.165, 1.54) is 0 Å². The molecule has 98 valence electrons. The average molecular weight is 247 g/mol. The van der Waals surface area contributed by atoms with E-state index in [1.54, 1.807) is 7.11 Å². The molecule has 1 N–H and O–H groups in total. The first kappa shape index (κ1) is 12.9. The van der Waals surface area contributed by atoms with Crippen molar-refractivity contribution in [2.24, 2.45) is 0 Å². The van der Waals surface area contributed by atoms with Gasteiger partial charge in [-0.25, -0.2) is 0 Å². The molecule has 3 heteroatoms. The first-order chi connectivity index (χ1) is 8.41. The molecule has 1 aromatic rings. The Balaban J connectivity index is 2.32. The zero-order valence-electron chi connectivity index (χ0n) is 11.5. The zero-order valence-corrected chi connectivity index (χ0v) is 11.5. The minimum absolute atomic E-state index is 0.0274. The molecule has 0 radical (unpaired) electrons. The van der Waals surface area contributed by atoms with Gasteiger partial charge in [0.25, 0.3) is 5.91 Å². The van der Waals surface area contributed by atoms with E-state index in [9.17, 15) is 4.79 Å². The van der Waals surface area contributed by atoms with Crippen molar-refractivity contribution in [2.45, 2.75) is 45.1 Å². The lowest BCUT2D eigenvalue weighted by Gasteiger charge is -2.20. The number of rotatable bonds is 3. The monoisotopic (exact) mass is 247 g/mol. The van der Waals surface area contributed by atoms with E-state index in [-0.39, 0.29) is 11.3 Å². The average Bonchev–Trinajstić information content (AvgIpc) is 3.10. The number of ether oxygens (including phenoxy) is 1. The second-order valence-corrected chi connectivity index (χ2v) is 5.91. The lowest BCUT2D eigenvalue weighted by Crippen LogP contribution is -2.26. The van der Waals surface area contributed by atoms with Crippen molar-refractivity contribution >= 4 is 5.91 Å². The highest BCUT2D eigenvalue weighted by Crippen LogP contribution is 2.28. The Bertz CT molecular complexity index is 456. The second-order valence-electron chi connectivity index (χ2n) is 5.91. The molecule has 2 rings (SSSR count). The van der Waals surface area contributed by atoms with Crippen LogP contribution in [0.4, 0.5) is 0 Å². The lowest BCUT2D eigenvalue weighted by molar-refractivity contribution is 0.0948. The van der Waals surface area contributed by atoms with Crippen LogP contribution in [0.3, 0.4) is 0 Å². The van der Waals surface area contributed by atoms with Gasteiger partial charge < -0.3 is 10.1 Å². The first-order valence-corrected chi connectivity index (χ1v) is 6.41. The molecular formula is C15H21NO2. The molecule has 0 heterocycles. The van der Waals surface area contributed by atoms with E-state index in [0.717, 1.165) is 18.4 Å². The van der Waals surface area contributed by atoms with Crippen LogP contribution in [-0.4, -0.2) is 19.1 Å². The molecular weight excluding hydrogens is 226 g/mol. The van der Waals surface area contributed by atoms with E-state index in [1.807, 2.05) is 18.2 Å². The highest BCUT2D eigenvalue weighted by Gasteiger charge is 2.26. The molecule has 18 heavy (non-hydrogen) atoms. The third-order valence-electron chi connectivity index (χ3n) is 3.22. The third-order valence-corrected chi connectivity index (χ3v) is 3.22. The topological polar surface area (TPSA) is 38.3 Å². The van der Waals surface area contributed by atoms with Crippen molar-refractivity contribution in [3.05, 3.63) is 29.3 Å². The Morgan fingerprint density at radius 1 is 1.33 bits per heavy atom. The van der Waals surface area contributed by atoms with Crippen molar-refractivity contribution in [2.75, 3.05) is 7.11 Å². The maximum Gasteiger partial charge on any atom is 0.255 e. The Labute approximate surface area is 109 Å². The van der Waals surface area contributed by atoms with Gasteiger partial charge in [-0.3, -0.25) is 4.79 Å². The van der Waals surface area contributed by atoms with Crippen molar-refractivity contribution < 1.29 is 9.53 Å². The van der Waals surface area contributed by atoms with E-state index in [4.69, 9.17) is 4.74 Å². The molecule has 1 amide bonds. The number of hydrogen-bond acceptors (Lipinski definition) is 2. The summed E-state index contributed by atoms with van der Waals surface area (Å²) in [4.78, 5) is 12.2. The summed E-state index contributed by atoms with van der Waals surface area (Å²) in [5, 5.41) is 3.00. The normalized spacial score (nSPS) is 15.3. The van der Waals surface area contributed by atoms with Crippen LogP contribution >= 0.6 is 0 Å². The number of benzene rings is 1. The molecule has 1 aliphatic rings. The predicted molar refractivity (Wildman–Crippen MR) is 72.2 cm³/mol. The first-order valence-electron chi connectivity index (χ1n) is 6.41. The Morgan fingerprint density at radius 2 is 2.00 bits per heavy atom. The molecule has 0 saturated heterocycles. The number of nitrogens with one attached hydrogen (secondary N) is 1. The number of hydrogen-bond donors (Lipinski definition) is 1. The van der Waals surface area contributed by atoms with Crippen LogP contribution in [0.25, 0.3) is 0 Å². The summed E-state index contributed by atoms with van der Waals surface area (Å²) in [6.07, 6.45) is 2.18. The van der Waals surface area contributed by atoms with Crippen LogP contribution < -0.4 is 10.1 Å². The molecule has 0 aromatic heterocycles. The Hall–Kier alpha value is -1.51. The smallest absolute Gasteiger partial charge is 0.255 e. The number of carbonyl (C=O) groups is 1. The molecule has 1 aliphatic carbocycles. The number of methoxy groups -OCH3 is 1. The van der Waals surface area contributed by atoms with E-state index >= 15 is 0 Å². The second kappa shape index (κ2) is 4.63. The van der Waals surface area contributed by atoms with Crippen LogP contribution in [0.1, 0.15) is 49.5 Å². The van der Waals surface area contributed by atoms with Gasteiger partial charge in [0, 0.05) is 6.04 Å². The maximum atomic E-state index is 12.2. The van der Waals surface area contributed by atoms with Crippen molar-refractivity contribution in [3.63, 3.8) is 0 Å². The van der Waals surface area contributed by atoms with Crippen molar-refractivity contribution in [3.8, 4) is 5.75 Å². The largest absolute Gasteiger partial charge is 0.496 e. The summed E-state index contributed by atoms with van der Waals surface area (Å²) in [5.41, 5.74) is 1.81. The quantitative estimate of drug-likeness (QED) is 0.892. The standard InChI is InChI=1S/C15H21NO2/c1-15(2,3)10-5-8-13(18-4)12(9-10)14(17)16-11-6-7-11/h5,8-9,11H,6-7H2,1-4H3,(H,16,17). The van der Waals surface area contributed by atoms with E-state index < -0.39 is 0 Å². The zero-order chi connectivity index (χ0) is 13.3. The van der Waals surface area contributed by atoms with Gasteiger partial charge in [-0.05, 0) is 36.0 Å². The Morgan fingerprint density at radius 3 is 2.50 bits per heavy atom. The fourth-order valence-corrected chi connectivity index (χ4v) is 1.84. The summed E-state index contributed by atoms with van der Waals surface area (Å²) in [6.45, 7) is 6.41. The van der Waals surface area contributed by atoms with E-state index in [2.05, 4.69) is 26.1 Å². The van der Waals surface area contributed by atoms with Gasteiger partial charge >= 0.3 is 0 Å². The van der Waals surface area contributed by atoms with Crippen LogP contribution in [0.5, 0.6) is 5.75 Å². The van der Waals surface area contributed by atoms with Gasteiger partial charge in [0.2, 0.25) is 0 Å². The molecule has 1 fully saturated rings. The summed E-state index contributed by atoms with van der Waals surface area (Å²) in [7, 11) is 1.60. The number of carbonyl (C=O) groups excluding carboxylic acids is 1. The third kappa shape index (κ3) is 2.84. The van der Waals surface area contributed by atoms with Gasteiger partial charge in [0.15, 0.2) is 0 Å². The van der Waals surface area contributed by atoms with Gasteiger partial charge in [0.05, 0.1) is 12.7 Å². The van der Waals surface area contributed by atoms with Gasteiger partial charge in [-0.1, -0.05) is 26.8 Å². The lowest BCUT2D eigenvalue weighted by atomic mass is 9.86. The highest BCUT2D eigenvalue weighted by molar-refractivity contribution is 5.97. The van der Waals surface area contributed by atoms with Crippen LogP contribution in [0.15, 0.2) is 18.2 Å². The molecule has 0 unspecified atom stereocenters. The van der Waals surface area contributed by atoms with Gasteiger partial charge in [0.1, 0.15) is 5.75 Å². The summed E-state index contributed by atoms with van der Waals surface area (Å²) in [5.74, 6) is 0.613. The van der Waals surface area contributed by atoms with Crippen molar-refractivity contribution in [1.29, 1.82) is 0 Å². The SMILES string of the molecule is COc1ccc(C(C)(C)C)cc1C(=O)NC1CC1. The minimum atomic E-state index is -0.0274. The molecule has 3 nitrogen and oxygen atoms in total. The fourth-order valence-electron chi connectivity index (χ4n) is 1.84. The molecule has 0 aliphatic heterocycles. The van der Waals surface area contributed by atoms with Crippen LogP contribution in [0, 0.1) is 0 Å². The fraction of sp³-hybridized carbons (Fsp3) is 0.533. The predicted octanol–water partition coefficient (Wildman–Crippen LogP) is 2.88. The summed E-state index contributed by atoms with van der Waals surface area (Å²) >= 11 is 0. The van der Waals surface area contributed by atoms with Crippen LogP contribution in [-0.2, 0) is 5.41 Å². The van der Waals surface area contributed by atoms with Crippen LogP contribution in [0.2, 0.25) is 0 Å². The minimum Gasteiger partial charge on any atom is -0.496 e. The van der Waals surface area contributed by atoms with Gasteiger partial charge in [-0.15, -0.1) is 0 Å². The summed E-state index contributed by atoms with van der Waals surface area (Å²) in [6, 6.07) is 6.20. The summed E-state index contributed by atoms with van der Waals surface area (Å²) < 4.78 is 5.28. The molecule has 0 bridgehead atoms. The number of amides is 1. The Kier molecular flexibility index (Phi) is 3.33. The molecule has 1 saturated carbocycles. The highest BCUT2D eigenvalue weighted by atomic mass is 16.5. The molecule has 0 spiro atoms.